The van der Waals surface area contributed by atoms with Gasteiger partial charge in [-0.2, -0.15) is 0 Å². The molecule has 2 aromatic rings. The molecule has 1 aliphatic heterocycles. The summed E-state index contributed by atoms with van der Waals surface area (Å²) in [4.78, 5) is 30.9. The number of hydrogen-bond acceptors (Lipinski definition) is 5. The van der Waals surface area contributed by atoms with E-state index in [1.54, 1.807) is 12.4 Å². The first-order chi connectivity index (χ1) is 12.1. The molecule has 1 aliphatic rings. The predicted octanol–water partition coefficient (Wildman–Crippen LogP) is 1.99. The van der Waals surface area contributed by atoms with Crippen LogP contribution in [-0.2, 0) is 6.42 Å². The van der Waals surface area contributed by atoms with Crippen molar-refractivity contribution < 1.29 is 9.72 Å². The van der Waals surface area contributed by atoms with E-state index in [1.807, 2.05) is 17.0 Å². The van der Waals surface area contributed by atoms with Gasteiger partial charge in [0, 0.05) is 62.8 Å². The van der Waals surface area contributed by atoms with E-state index >= 15 is 0 Å². The van der Waals surface area contributed by atoms with Crippen molar-refractivity contribution in [1.29, 1.82) is 0 Å². The van der Waals surface area contributed by atoms with Crippen LogP contribution in [0.1, 0.15) is 15.9 Å². The second kappa shape index (κ2) is 7.85. The van der Waals surface area contributed by atoms with E-state index in [9.17, 15) is 14.9 Å². The van der Waals surface area contributed by atoms with Crippen LogP contribution < -0.4 is 0 Å². The Bertz CT molecular complexity index is 726. The van der Waals surface area contributed by atoms with Crippen LogP contribution in [0.2, 0.25) is 0 Å². The summed E-state index contributed by atoms with van der Waals surface area (Å²) in [5.41, 5.74) is 1.76. The van der Waals surface area contributed by atoms with Gasteiger partial charge in [0.2, 0.25) is 0 Å². The largest absolute Gasteiger partial charge is 0.336 e. The minimum atomic E-state index is -0.462. The summed E-state index contributed by atoms with van der Waals surface area (Å²) >= 11 is 0. The topological polar surface area (TPSA) is 79.6 Å². The molecule has 130 valence electrons. The number of amides is 1. The van der Waals surface area contributed by atoms with Crippen LogP contribution in [0.3, 0.4) is 0 Å². The summed E-state index contributed by atoms with van der Waals surface area (Å²) in [6, 6.07) is 9.84. The zero-order valence-corrected chi connectivity index (χ0v) is 13.9. The van der Waals surface area contributed by atoms with E-state index in [-0.39, 0.29) is 11.6 Å². The lowest BCUT2D eigenvalue weighted by molar-refractivity contribution is -0.384. The smallest absolute Gasteiger partial charge is 0.269 e. The van der Waals surface area contributed by atoms with Gasteiger partial charge in [-0.1, -0.05) is 0 Å². The third-order valence-electron chi connectivity index (χ3n) is 4.45. The first-order valence-electron chi connectivity index (χ1n) is 8.28. The molecule has 0 atom stereocenters. The average molecular weight is 340 g/mol. The first kappa shape index (κ1) is 17.0. The Labute approximate surface area is 146 Å². The zero-order chi connectivity index (χ0) is 17.6. The molecule has 3 rings (SSSR count). The lowest BCUT2D eigenvalue weighted by Gasteiger charge is -2.34. The predicted molar refractivity (Wildman–Crippen MR) is 93.4 cm³/mol. The number of benzene rings is 1. The summed E-state index contributed by atoms with van der Waals surface area (Å²) < 4.78 is 0. The van der Waals surface area contributed by atoms with Gasteiger partial charge in [0.25, 0.3) is 11.6 Å². The van der Waals surface area contributed by atoms with Gasteiger partial charge in [0.05, 0.1) is 4.92 Å². The van der Waals surface area contributed by atoms with Crippen molar-refractivity contribution in [3.8, 4) is 0 Å². The second-order valence-corrected chi connectivity index (χ2v) is 6.04. The van der Waals surface area contributed by atoms with Crippen molar-refractivity contribution in [2.75, 3.05) is 32.7 Å². The maximum Gasteiger partial charge on any atom is 0.269 e. The molecule has 2 heterocycles. The summed E-state index contributed by atoms with van der Waals surface area (Å²) in [6.45, 7) is 3.98. The number of non-ortho nitro benzene ring substituents is 1. The standard InChI is InChI=1S/C18H20N4O3/c23-18(16-1-3-17(4-2-16)22(24)25)21-13-11-20(12-14-21)10-7-15-5-8-19-9-6-15/h1-6,8-9H,7,10-14H2. The Morgan fingerprint density at radius 3 is 2.28 bits per heavy atom. The first-order valence-corrected chi connectivity index (χ1v) is 8.28. The fourth-order valence-corrected chi connectivity index (χ4v) is 2.92. The summed E-state index contributed by atoms with van der Waals surface area (Å²) in [5, 5.41) is 10.7. The highest BCUT2D eigenvalue weighted by Crippen LogP contribution is 2.15. The van der Waals surface area contributed by atoms with Crippen molar-refractivity contribution in [3.63, 3.8) is 0 Å². The van der Waals surface area contributed by atoms with E-state index in [4.69, 9.17) is 0 Å². The highest BCUT2D eigenvalue weighted by Gasteiger charge is 2.22. The molecule has 1 amide bonds. The summed E-state index contributed by atoms with van der Waals surface area (Å²) in [5.74, 6) is -0.0660. The van der Waals surface area contributed by atoms with E-state index in [0.717, 1.165) is 26.1 Å². The van der Waals surface area contributed by atoms with Crippen LogP contribution in [0, 0.1) is 10.1 Å². The highest BCUT2D eigenvalue weighted by molar-refractivity contribution is 5.94. The van der Waals surface area contributed by atoms with Crippen molar-refractivity contribution in [1.82, 2.24) is 14.8 Å². The molecule has 0 bridgehead atoms. The molecule has 1 aromatic carbocycles. The number of hydrogen-bond donors (Lipinski definition) is 0. The third-order valence-corrected chi connectivity index (χ3v) is 4.45. The van der Waals surface area contributed by atoms with Crippen LogP contribution >= 0.6 is 0 Å². The molecule has 0 N–H and O–H groups in total. The maximum atomic E-state index is 12.5. The molecule has 0 saturated carbocycles. The molecule has 1 fully saturated rings. The van der Waals surface area contributed by atoms with Crippen LogP contribution in [0.15, 0.2) is 48.8 Å². The number of pyridine rings is 1. The number of nitro groups is 1. The summed E-state index contributed by atoms with van der Waals surface area (Å²) in [6.07, 6.45) is 4.57. The molecular formula is C18H20N4O3. The van der Waals surface area contributed by atoms with Crippen LogP contribution in [0.5, 0.6) is 0 Å². The Morgan fingerprint density at radius 1 is 1.04 bits per heavy atom. The van der Waals surface area contributed by atoms with Gasteiger partial charge in [-0.3, -0.25) is 24.8 Å². The number of rotatable bonds is 5. The maximum absolute atomic E-state index is 12.5. The number of nitrogens with zero attached hydrogens (tertiary/aromatic N) is 4. The quantitative estimate of drug-likeness (QED) is 0.614. The molecule has 1 aromatic heterocycles. The van der Waals surface area contributed by atoms with Crippen LogP contribution in [-0.4, -0.2) is 58.3 Å². The molecule has 0 spiro atoms. The fraction of sp³-hybridized carbons (Fsp3) is 0.333. The summed E-state index contributed by atoms with van der Waals surface area (Å²) in [7, 11) is 0. The molecule has 0 unspecified atom stereocenters. The number of piperazine rings is 1. The van der Waals surface area contributed by atoms with Gasteiger partial charge in [-0.25, -0.2) is 0 Å². The molecule has 7 nitrogen and oxygen atoms in total. The van der Waals surface area contributed by atoms with Crippen molar-refractivity contribution in [2.45, 2.75) is 6.42 Å². The SMILES string of the molecule is O=C(c1ccc([N+](=O)[O-])cc1)N1CCN(CCc2ccncc2)CC1. The highest BCUT2D eigenvalue weighted by atomic mass is 16.6. The Morgan fingerprint density at radius 2 is 1.68 bits per heavy atom. The Balaban J connectivity index is 1.49. The van der Waals surface area contributed by atoms with E-state index in [0.29, 0.717) is 18.7 Å². The van der Waals surface area contributed by atoms with Gasteiger partial charge < -0.3 is 4.90 Å². The number of carbonyl (C=O) groups is 1. The Hall–Kier alpha value is -2.80. The van der Waals surface area contributed by atoms with Crippen molar-refractivity contribution in [2.24, 2.45) is 0 Å². The lowest BCUT2D eigenvalue weighted by atomic mass is 10.1. The van der Waals surface area contributed by atoms with Crippen molar-refractivity contribution in [3.05, 3.63) is 70.0 Å². The van der Waals surface area contributed by atoms with Gasteiger partial charge in [0.15, 0.2) is 0 Å². The molecule has 0 radical (unpaired) electrons. The molecule has 0 aliphatic carbocycles. The van der Waals surface area contributed by atoms with Crippen molar-refractivity contribution >= 4 is 11.6 Å². The molecule has 25 heavy (non-hydrogen) atoms. The lowest BCUT2D eigenvalue weighted by Crippen LogP contribution is -2.49. The second-order valence-electron chi connectivity index (χ2n) is 6.04. The monoisotopic (exact) mass is 340 g/mol. The Kier molecular flexibility index (Phi) is 5.35. The zero-order valence-electron chi connectivity index (χ0n) is 13.9. The fourth-order valence-electron chi connectivity index (χ4n) is 2.92. The van der Waals surface area contributed by atoms with Gasteiger partial charge in [-0.15, -0.1) is 0 Å². The molecular weight excluding hydrogens is 320 g/mol. The van der Waals surface area contributed by atoms with E-state index in [1.165, 1.54) is 29.8 Å². The number of nitro benzene ring substituents is 1. The van der Waals surface area contributed by atoms with Gasteiger partial charge in [0.1, 0.15) is 0 Å². The third kappa shape index (κ3) is 4.39. The van der Waals surface area contributed by atoms with Gasteiger partial charge >= 0.3 is 0 Å². The average Bonchev–Trinajstić information content (AvgIpc) is 2.67. The molecule has 7 heteroatoms. The normalized spacial score (nSPS) is 15.1. The van der Waals surface area contributed by atoms with Crippen LogP contribution in [0.25, 0.3) is 0 Å². The number of carbonyl (C=O) groups excluding carboxylic acids is 1. The molecule has 1 saturated heterocycles. The van der Waals surface area contributed by atoms with E-state index in [2.05, 4.69) is 9.88 Å². The van der Waals surface area contributed by atoms with Crippen LogP contribution in [0.4, 0.5) is 5.69 Å². The minimum absolute atomic E-state index is 0.00233. The number of aromatic nitrogens is 1. The van der Waals surface area contributed by atoms with Gasteiger partial charge in [-0.05, 0) is 36.2 Å². The minimum Gasteiger partial charge on any atom is -0.336 e. The van der Waals surface area contributed by atoms with E-state index < -0.39 is 4.92 Å².